The normalized spacial score (nSPS) is 14.4. The van der Waals surface area contributed by atoms with Gasteiger partial charge in [-0.3, -0.25) is 0 Å². The summed E-state index contributed by atoms with van der Waals surface area (Å²) in [7, 11) is 0. The van der Waals surface area contributed by atoms with E-state index in [-0.39, 0.29) is 6.17 Å². The Morgan fingerprint density at radius 3 is 1.80 bits per heavy atom. The van der Waals surface area contributed by atoms with Crippen LogP contribution in [-0.2, 0) is 0 Å². The molecule has 0 aliphatic carbocycles. The number of rotatable bonds is 5. The van der Waals surface area contributed by atoms with Crippen molar-refractivity contribution in [3.05, 3.63) is 205 Å². The number of hydrogen-bond acceptors (Lipinski definition) is 4. The smallest absolute Gasteiger partial charge is 0.159 e. The number of benzene rings is 9. The number of aliphatic imine (C=N–C) groups is 2. The molecule has 55 heavy (non-hydrogen) atoms. The van der Waals surface area contributed by atoms with Gasteiger partial charge in [0, 0.05) is 21.9 Å². The van der Waals surface area contributed by atoms with Gasteiger partial charge in [0.1, 0.15) is 23.2 Å². The molecule has 0 amide bonds. The molecule has 0 fully saturated rings. The number of furan rings is 1. The summed E-state index contributed by atoms with van der Waals surface area (Å²) in [6, 6.07) is 66.6. The minimum absolute atomic E-state index is 0.277. The number of amidine groups is 2. The van der Waals surface area contributed by atoms with E-state index in [1.165, 1.54) is 37.9 Å². The third-order valence-corrected chi connectivity index (χ3v) is 10.9. The molecule has 258 valence electrons. The van der Waals surface area contributed by atoms with Gasteiger partial charge in [0.25, 0.3) is 0 Å². The summed E-state index contributed by atoms with van der Waals surface area (Å²) in [5, 5.41) is 13.3. The minimum Gasteiger partial charge on any atom is -0.456 e. The zero-order valence-electron chi connectivity index (χ0n) is 29.8. The molecule has 2 heterocycles. The van der Waals surface area contributed by atoms with Crippen molar-refractivity contribution in [2.24, 2.45) is 9.98 Å². The van der Waals surface area contributed by atoms with Gasteiger partial charge in [-0.2, -0.15) is 0 Å². The third kappa shape index (κ3) is 5.30. The van der Waals surface area contributed by atoms with Crippen LogP contribution in [0.2, 0.25) is 0 Å². The number of nitrogens with one attached hydrogen (secondary N) is 1. The van der Waals surface area contributed by atoms with Crippen molar-refractivity contribution in [1.82, 2.24) is 5.32 Å². The SMILES string of the molecule is c1ccc(C2=NC(c3ccccc3)NC(c3cccc(-c4cc(-c5ccc6oc7ccccc7c6c5)cc5c6ccccc6c6ccccc6c45)c3)=N2)cc1. The molecule has 4 nitrogen and oxygen atoms in total. The summed E-state index contributed by atoms with van der Waals surface area (Å²) in [6.07, 6.45) is -0.277. The summed E-state index contributed by atoms with van der Waals surface area (Å²) >= 11 is 0. The Morgan fingerprint density at radius 1 is 0.400 bits per heavy atom. The molecule has 1 aliphatic heterocycles. The van der Waals surface area contributed by atoms with Crippen molar-refractivity contribution in [3.63, 3.8) is 0 Å². The second-order valence-corrected chi connectivity index (χ2v) is 14.2. The van der Waals surface area contributed by atoms with Gasteiger partial charge in [0.15, 0.2) is 5.84 Å². The Hall–Kier alpha value is -7.30. The number of para-hydroxylation sites is 1. The van der Waals surface area contributed by atoms with Gasteiger partial charge in [-0.05, 0) is 96.5 Å². The summed E-state index contributed by atoms with van der Waals surface area (Å²) in [5.41, 5.74) is 9.43. The summed E-state index contributed by atoms with van der Waals surface area (Å²) in [4.78, 5) is 10.2. The van der Waals surface area contributed by atoms with Gasteiger partial charge in [-0.25, -0.2) is 9.98 Å². The van der Waals surface area contributed by atoms with Crippen LogP contribution in [0.5, 0.6) is 0 Å². The maximum Gasteiger partial charge on any atom is 0.159 e. The van der Waals surface area contributed by atoms with E-state index >= 15 is 0 Å². The monoisotopic (exact) mass is 703 g/mol. The molecular formula is C51H33N3O. The first-order valence-electron chi connectivity index (χ1n) is 18.7. The maximum absolute atomic E-state index is 6.23. The first kappa shape index (κ1) is 31.2. The van der Waals surface area contributed by atoms with E-state index in [0.717, 1.165) is 61.2 Å². The lowest BCUT2D eigenvalue weighted by atomic mass is 9.86. The van der Waals surface area contributed by atoms with Gasteiger partial charge in [0.2, 0.25) is 0 Å². The highest BCUT2D eigenvalue weighted by atomic mass is 16.3. The Bertz CT molecular complexity index is 3180. The fraction of sp³-hybridized carbons (Fsp3) is 0.0196. The number of nitrogens with zero attached hydrogens (tertiary/aromatic N) is 2. The van der Waals surface area contributed by atoms with Gasteiger partial charge in [-0.15, -0.1) is 0 Å². The third-order valence-electron chi connectivity index (χ3n) is 10.9. The number of hydrogen-bond donors (Lipinski definition) is 1. The highest BCUT2D eigenvalue weighted by Gasteiger charge is 2.22. The van der Waals surface area contributed by atoms with Crippen LogP contribution in [0.25, 0.3) is 76.5 Å². The lowest BCUT2D eigenvalue weighted by Crippen LogP contribution is -2.33. The molecule has 0 bridgehead atoms. The van der Waals surface area contributed by atoms with Crippen LogP contribution in [0.3, 0.4) is 0 Å². The number of fused-ring (bicyclic) bond motifs is 9. The second kappa shape index (κ2) is 12.7. The van der Waals surface area contributed by atoms with E-state index in [0.29, 0.717) is 5.84 Å². The molecule has 4 heteroatoms. The maximum atomic E-state index is 6.23. The summed E-state index contributed by atoms with van der Waals surface area (Å²) in [6.45, 7) is 0. The van der Waals surface area contributed by atoms with E-state index in [2.05, 4.69) is 157 Å². The van der Waals surface area contributed by atoms with Crippen LogP contribution >= 0.6 is 0 Å². The van der Waals surface area contributed by atoms with E-state index in [1.54, 1.807) is 0 Å². The molecule has 1 aromatic heterocycles. The van der Waals surface area contributed by atoms with Crippen molar-refractivity contribution in [3.8, 4) is 22.3 Å². The van der Waals surface area contributed by atoms with E-state index in [4.69, 9.17) is 14.4 Å². The predicted molar refractivity (Wildman–Crippen MR) is 229 cm³/mol. The lowest BCUT2D eigenvalue weighted by Gasteiger charge is -2.24. The molecule has 0 radical (unpaired) electrons. The standard InChI is InChI=1S/C51H33N3O/c1-3-14-32(15-4-1)49-52-50(33-16-5-2-6-17-33)54-51(53-49)36-19-13-18-35(28-36)43-30-37(34-26-27-47-44(29-34)41-23-11-12-25-46(41)55-47)31-45-40-22-8-7-20-38(40)39-21-9-10-24-42(39)48(43)45/h1-31,49H,(H,52,53,54). The van der Waals surface area contributed by atoms with Crippen LogP contribution < -0.4 is 5.32 Å². The highest BCUT2D eigenvalue weighted by molar-refractivity contribution is 6.29. The highest BCUT2D eigenvalue weighted by Crippen LogP contribution is 2.44. The van der Waals surface area contributed by atoms with E-state index in [9.17, 15) is 0 Å². The Balaban J connectivity index is 1.14. The van der Waals surface area contributed by atoms with Gasteiger partial charge >= 0.3 is 0 Å². The van der Waals surface area contributed by atoms with Crippen LogP contribution in [-0.4, -0.2) is 11.7 Å². The molecule has 0 saturated heterocycles. The van der Waals surface area contributed by atoms with Gasteiger partial charge < -0.3 is 9.73 Å². The topological polar surface area (TPSA) is 49.9 Å². The Morgan fingerprint density at radius 2 is 1.00 bits per heavy atom. The van der Waals surface area contributed by atoms with Crippen molar-refractivity contribution < 1.29 is 4.42 Å². The fourth-order valence-electron chi connectivity index (χ4n) is 8.29. The van der Waals surface area contributed by atoms with E-state index in [1.807, 2.05) is 36.4 Å². The molecule has 1 N–H and O–H groups in total. The molecule has 0 saturated carbocycles. The summed E-state index contributed by atoms with van der Waals surface area (Å²) < 4.78 is 6.23. The Labute approximate surface area is 317 Å². The van der Waals surface area contributed by atoms with Crippen LogP contribution in [0.4, 0.5) is 0 Å². The molecular weight excluding hydrogens is 671 g/mol. The van der Waals surface area contributed by atoms with Gasteiger partial charge in [-0.1, -0.05) is 152 Å². The van der Waals surface area contributed by atoms with Crippen molar-refractivity contribution in [2.75, 3.05) is 0 Å². The first-order valence-corrected chi connectivity index (χ1v) is 18.7. The molecule has 1 atom stereocenters. The largest absolute Gasteiger partial charge is 0.456 e. The zero-order chi connectivity index (χ0) is 36.3. The first-order chi connectivity index (χ1) is 27.2. The molecule has 10 aromatic rings. The molecule has 0 spiro atoms. The molecule has 1 unspecified atom stereocenters. The van der Waals surface area contributed by atoms with Crippen molar-refractivity contribution in [1.29, 1.82) is 0 Å². The van der Waals surface area contributed by atoms with Crippen LogP contribution in [0.1, 0.15) is 22.9 Å². The molecule has 1 aliphatic rings. The average molecular weight is 704 g/mol. The zero-order valence-corrected chi connectivity index (χ0v) is 29.8. The molecule has 11 rings (SSSR count). The van der Waals surface area contributed by atoms with Crippen LogP contribution in [0.15, 0.2) is 202 Å². The van der Waals surface area contributed by atoms with Crippen molar-refractivity contribution >= 4 is 65.9 Å². The quantitative estimate of drug-likeness (QED) is 0.181. The van der Waals surface area contributed by atoms with Gasteiger partial charge in [0.05, 0.1) is 0 Å². The fourth-order valence-corrected chi connectivity index (χ4v) is 8.29. The minimum atomic E-state index is -0.277. The Kier molecular flexibility index (Phi) is 7.20. The predicted octanol–water partition coefficient (Wildman–Crippen LogP) is 12.9. The lowest BCUT2D eigenvalue weighted by molar-refractivity contribution is 0.669. The summed E-state index contributed by atoms with van der Waals surface area (Å²) in [5.74, 6) is 1.50. The van der Waals surface area contributed by atoms with Crippen molar-refractivity contribution in [2.45, 2.75) is 6.17 Å². The van der Waals surface area contributed by atoms with Crippen LogP contribution in [0, 0.1) is 0 Å². The average Bonchev–Trinajstić information content (AvgIpc) is 3.65. The second-order valence-electron chi connectivity index (χ2n) is 14.2. The molecule has 9 aromatic carbocycles. The van der Waals surface area contributed by atoms with E-state index < -0.39 is 0 Å².